The number of rotatable bonds is 1. The van der Waals surface area contributed by atoms with Gasteiger partial charge in [0.1, 0.15) is 11.3 Å². The number of H-pyrrole nitrogens is 1. The molecule has 1 aromatic rings. The van der Waals surface area contributed by atoms with Gasteiger partial charge in [-0.25, -0.2) is 9.89 Å². The van der Waals surface area contributed by atoms with Gasteiger partial charge in [0.25, 0.3) is 5.56 Å². The summed E-state index contributed by atoms with van der Waals surface area (Å²) in [5.41, 5.74) is -0.441. The summed E-state index contributed by atoms with van der Waals surface area (Å²) in [5.74, 6) is 0. The van der Waals surface area contributed by atoms with Gasteiger partial charge in [-0.1, -0.05) is 11.6 Å². The number of piperazine rings is 1. The van der Waals surface area contributed by atoms with E-state index in [1.807, 2.05) is 25.7 Å². The monoisotopic (exact) mass is 314 g/mol. The molecule has 2 heterocycles. The Labute approximate surface area is 127 Å². The van der Waals surface area contributed by atoms with Gasteiger partial charge in [0.2, 0.25) is 0 Å². The van der Waals surface area contributed by atoms with E-state index in [2.05, 4.69) is 10.2 Å². The lowest BCUT2D eigenvalue weighted by molar-refractivity contribution is 0.0240. The van der Waals surface area contributed by atoms with E-state index >= 15 is 0 Å². The Morgan fingerprint density at radius 1 is 1.33 bits per heavy atom. The van der Waals surface area contributed by atoms with E-state index in [4.69, 9.17) is 16.3 Å². The lowest BCUT2D eigenvalue weighted by Crippen LogP contribution is -2.51. The van der Waals surface area contributed by atoms with E-state index in [9.17, 15) is 9.59 Å². The molecule has 0 radical (unpaired) electrons. The molecule has 1 aliphatic rings. The van der Waals surface area contributed by atoms with Gasteiger partial charge in [-0.3, -0.25) is 4.79 Å². The first-order chi connectivity index (χ1) is 9.78. The van der Waals surface area contributed by atoms with Crippen LogP contribution in [0, 0.1) is 0 Å². The maximum atomic E-state index is 12.0. The van der Waals surface area contributed by atoms with Gasteiger partial charge in [-0.05, 0) is 20.8 Å². The third-order valence-electron chi connectivity index (χ3n) is 3.03. The number of anilines is 1. The second kappa shape index (κ2) is 5.93. The molecular formula is C13H19ClN4O3. The number of hydrogen-bond acceptors (Lipinski definition) is 5. The van der Waals surface area contributed by atoms with Gasteiger partial charge < -0.3 is 14.5 Å². The molecule has 0 aliphatic carbocycles. The number of aromatic amines is 1. The number of amides is 1. The van der Waals surface area contributed by atoms with Crippen LogP contribution in [0.4, 0.5) is 10.5 Å². The van der Waals surface area contributed by atoms with E-state index in [1.165, 1.54) is 6.20 Å². The zero-order valence-corrected chi connectivity index (χ0v) is 13.1. The third kappa shape index (κ3) is 3.87. The number of nitrogens with one attached hydrogen (secondary N) is 1. The molecule has 0 saturated carbocycles. The molecule has 1 aromatic heterocycles. The number of ether oxygens (including phenoxy) is 1. The summed E-state index contributed by atoms with van der Waals surface area (Å²) >= 11 is 6.02. The maximum absolute atomic E-state index is 12.0. The fraction of sp³-hybridized carbons (Fsp3) is 0.615. The number of carbonyl (C=O) groups excluding carboxylic acids is 1. The quantitative estimate of drug-likeness (QED) is 0.849. The van der Waals surface area contributed by atoms with Gasteiger partial charge in [0.05, 0.1) is 11.2 Å². The second-order valence-electron chi connectivity index (χ2n) is 5.85. The van der Waals surface area contributed by atoms with Crippen LogP contribution in [0.25, 0.3) is 0 Å². The van der Waals surface area contributed by atoms with Gasteiger partial charge in [-0.15, -0.1) is 0 Å². The van der Waals surface area contributed by atoms with E-state index in [0.717, 1.165) is 0 Å². The zero-order valence-electron chi connectivity index (χ0n) is 12.4. The topological polar surface area (TPSA) is 78.5 Å². The van der Waals surface area contributed by atoms with Crippen LogP contribution in [0.5, 0.6) is 0 Å². The zero-order chi connectivity index (χ0) is 15.6. The molecule has 0 bridgehead atoms. The molecule has 116 valence electrons. The molecule has 1 N–H and O–H groups in total. The average Bonchev–Trinajstić information content (AvgIpc) is 2.37. The predicted molar refractivity (Wildman–Crippen MR) is 79.9 cm³/mol. The Kier molecular flexibility index (Phi) is 4.41. The first-order valence-corrected chi connectivity index (χ1v) is 7.12. The maximum Gasteiger partial charge on any atom is 0.410 e. The average molecular weight is 315 g/mol. The highest BCUT2D eigenvalue weighted by atomic mass is 35.5. The largest absolute Gasteiger partial charge is 0.444 e. The SMILES string of the molecule is CC(C)(C)OC(=O)N1CCN(c2c(Cl)cn[nH]c2=O)CC1. The fourth-order valence-electron chi connectivity index (χ4n) is 2.10. The highest BCUT2D eigenvalue weighted by molar-refractivity contribution is 6.33. The number of aromatic nitrogens is 2. The fourth-order valence-corrected chi connectivity index (χ4v) is 2.36. The van der Waals surface area contributed by atoms with Crippen molar-refractivity contribution in [2.45, 2.75) is 26.4 Å². The molecule has 0 spiro atoms. The molecule has 1 saturated heterocycles. The molecule has 21 heavy (non-hydrogen) atoms. The Morgan fingerprint density at radius 2 is 1.95 bits per heavy atom. The highest BCUT2D eigenvalue weighted by Crippen LogP contribution is 2.21. The summed E-state index contributed by atoms with van der Waals surface area (Å²) in [6.07, 6.45) is 1.07. The molecular weight excluding hydrogens is 296 g/mol. The van der Waals surface area contributed by atoms with Gasteiger partial charge in [-0.2, -0.15) is 5.10 Å². The van der Waals surface area contributed by atoms with Crippen LogP contribution in [-0.2, 0) is 4.74 Å². The predicted octanol–water partition coefficient (Wildman–Crippen LogP) is 1.48. The standard InChI is InChI=1S/C13H19ClN4O3/c1-13(2,3)21-12(20)18-6-4-17(5-7-18)10-9(14)8-15-16-11(10)19/h8H,4-7H2,1-3H3,(H,16,19). The van der Waals surface area contributed by atoms with Crippen molar-refractivity contribution in [2.75, 3.05) is 31.1 Å². The summed E-state index contributed by atoms with van der Waals surface area (Å²) in [6, 6.07) is 0. The van der Waals surface area contributed by atoms with Crippen LogP contribution in [0.2, 0.25) is 5.02 Å². The number of halogens is 1. The Morgan fingerprint density at radius 3 is 2.48 bits per heavy atom. The van der Waals surface area contributed by atoms with Crippen LogP contribution < -0.4 is 10.5 Å². The minimum atomic E-state index is -0.514. The van der Waals surface area contributed by atoms with Crippen LogP contribution >= 0.6 is 11.6 Å². The third-order valence-corrected chi connectivity index (χ3v) is 3.31. The van der Waals surface area contributed by atoms with Crippen LogP contribution in [0.1, 0.15) is 20.8 Å². The highest BCUT2D eigenvalue weighted by Gasteiger charge is 2.27. The number of hydrogen-bond donors (Lipinski definition) is 1. The molecule has 1 aliphatic heterocycles. The Bertz CT molecular complexity index is 574. The van der Waals surface area contributed by atoms with E-state index in [1.54, 1.807) is 4.90 Å². The van der Waals surface area contributed by atoms with Crippen molar-refractivity contribution in [3.63, 3.8) is 0 Å². The Balaban J connectivity index is 2.01. The first-order valence-electron chi connectivity index (χ1n) is 6.74. The summed E-state index contributed by atoms with van der Waals surface area (Å²) in [4.78, 5) is 27.2. The molecule has 0 atom stereocenters. The molecule has 0 unspecified atom stereocenters. The summed E-state index contributed by atoms with van der Waals surface area (Å²) < 4.78 is 5.33. The van der Waals surface area contributed by atoms with Crippen molar-refractivity contribution in [1.82, 2.24) is 15.1 Å². The van der Waals surface area contributed by atoms with Crippen molar-refractivity contribution in [3.05, 3.63) is 21.6 Å². The molecule has 2 rings (SSSR count). The minimum Gasteiger partial charge on any atom is -0.444 e. The summed E-state index contributed by atoms with van der Waals surface area (Å²) in [6.45, 7) is 7.49. The van der Waals surface area contributed by atoms with Crippen LogP contribution in [0.3, 0.4) is 0 Å². The van der Waals surface area contributed by atoms with Gasteiger partial charge in [0, 0.05) is 26.2 Å². The number of nitrogens with zero attached hydrogens (tertiary/aromatic N) is 3. The van der Waals surface area contributed by atoms with Crippen molar-refractivity contribution in [2.24, 2.45) is 0 Å². The van der Waals surface area contributed by atoms with E-state index in [-0.39, 0.29) is 11.7 Å². The normalized spacial score (nSPS) is 16.0. The second-order valence-corrected chi connectivity index (χ2v) is 6.26. The lowest BCUT2D eigenvalue weighted by Gasteiger charge is -2.36. The summed E-state index contributed by atoms with van der Waals surface area (Å²) in [7, 11) is 0. The Hall–Kier alpha value is -1.76. The number of carbonyl (C=O) groups is 1. The molecule has 0 aromatic carbocycles. The molecule has 1 fully saturated rings. The van der Waals surface area contributed by atoms with E-state index < -0.39 is 5.60 Å². The smallest absolute Gasteiger partial charge is 0.410 e. The van der Waals surface area contributed by atoms with Gasteiger partial charge in [0.15, 0.2) is 0 Å². The molecule has 7 nitrogen and oxygen atoms in total. The van der Waals surface area contributed by atoms with Crippen LogP contribution in [0.15, 0.2) is 11.0 Å². The van der Waals surface area contributed by atoms with Crippen LogP contribution in [-0.4, -0.2) is 53.0 Å². The van der Waals surface area contributed by atoms with Crippen molar-refractivity contribution < 1.29 is 9.53 Å². The first kappa shape index (κ1) is 15.6. The minimum absolute atomic E-state index is 0.310. The van der Waals surface area contributed by atoms with E-state index in [0.29, 0.717) is 36.9 Å². The molecule has 1 amide bonds. The van der Waals surface area contributed by atoms with Gasteiger partial charge >= 0.3 is 6.09 Å². The molecule has 8 heteroatoms. The summed E-state index contributed by atoms with van der Waals surface area (Å²) in [5, 5.41) is 6.32. The van der Waals surface area contributed by atoms with Crippen molar-refractivity contribution in [1.29, 1.82) is 0 Å². The van der Waals surface area contributed by atoms with Crippen molar-refractivity contribution >= 4 is 23.4 Å². The van der Waals surface area contributed by atoms with Crippen molar-refractivity contribution in [3.8, 4) is 0 Å². The lowest BCUT2D eigenvalue weighted by atomic mass is 10.2.